The predicted molar refractivity (Wildman–Crippen MR) is 267 cm³/mol. The standard InChI is InChI=1S/C49H57ClF3N7O7S3/c1-33(31-59-21-23-68(62,54-4)24-22-59)25-35-7-11-41(28-45(35)69(63,64)49(51,52)53)70(65,66)57-47(61)42-12-10-39(27-44(42)67-40-26-36-14-16-55-46(36)56-30-40)60-19-17-58(18-20-60)32-37-13-15-48(2,3)29-43(37)34-5-8-38(50)9-6-34/h5-12,14,16,26-28,30,33H,13,15,17-25,29,31-32H2,1-4H3,(H,55,56)(H,57,61)/t33-/m1/s1. The average Bonchev–Trinajstić information content (AvgIpc) is 3.78. The number of sulfone groups is 1. The van der Waals surface area contributed by atoms with Gasteiger partial charge in [-0.05, 0) is 102 Å². The van der Waals surface area contributed by atoms with Crippen LogP contribution in [0.15, 0.2) is 105 Å². The molecule has 5 aromatic rings. The maximum atomic E-state index is 14.2. The molecule has 21 heteroatoms. The van der Waals surface area contributed by atoms with Crippen LogP contribution >= 0.6 is 11.6 Å². The van der Waals surface area contributed by atoms with Crippen LogP contribution in [-0.2, 0) is 36.0 Å². The number of aromatic nitrogens is 2. The van der Waals surface area contributed by atoms with Crippen LogP contribution < -0.4 is 14.4 Å². The number of halogens is 4. The van der Waals surface area contributed by atoms with Crippen molar-refractivity contribution in [2.45, 2.75) is 61.8 Å². The molecule has 0 bridgehead atoms. The van der Waals surface area contributed by atoms with Crippen LogP contribution in [0, 0.1) is 11.3 Å². The third kappa shape index (κ3) is 11.7. The number of nitrogens with one attached hydrogen (secondary N) is 2. The van der Waals surface area contributed by atoms with Crippen LogP contribution in [-0.4, -0.2) is 123 Å². The Morgan fingerprint density at radius 1 is 0.957 bits per heavy atom. The molecule has 0 radical (unpaired) electrons. The van der Waals surface area contributed by atoms with E-state index in [0.717, 1.165) is 51.0 Å². The molecule has 3 aliphatic rings. The predicted octanol–water partition coefficient (Wildman–Crippen LogP) is 8.80. The third-order valence-corrected chi connectivity index (χ3v) is 18.9. The summed E-state index contributed by atoms with van der Waals surface area (Å²) in [6.45, 7) is 11.2. The smallest absolute Gasteiger partial charge is 0.455 e. The lowest BCUT2D eigenvalue weighted by Crippen LogP contribution is -2.47. The Bertz CT molecular complexity index is 3150. The molecule has 3 aromatic carbocycles. The zero-order valence-electron chi connectivity index (χ0n) is 39.4. The van der Waals surface area contributed by atoms with Crippen LogP contribution in [0.25, 0.3) is 16.6 Å². The first-order chi connectivity index (χ1) is 33.0. The van der Waals surface area contributed by atoms with Gasteiger partial charge in [0, 0.05) is 109 Å². The number of amides is 1. The fourth-order valence-corrected chi connectivity index (χ4v) is 13.3. The summed E-state index contributed by atoms with van der Waals surface area (Å²) < 4.78 is 121. The Labute approximate surface area is 412 Å². The van der Waals surface area contributed by atoms with E-state index < -0.39 is 50.8 Å². The van der Waals surface area contributed by atoms with E-state index in [0.29, 0.717) is 72.0 Å². The van der Waals surface area contributed by atoms with Crippen molar-refractivity contribution < 1.29 is 43.7 Å². The van der Waals surface area contributed by atoms with Crippen molar-refractivity contribution in [3.05, 3.63) is 112 Å². The number of alkyl halides is 3. The minimum atomic E-state index is -6.05. The van der Waals surface area contributed by atoms with Crippen molar-refractivity contribution in [3.63, 3.8) is 0 Å². The monoisotopic (exact) mass is 1040 g/mol. The Morgan fingerprint density at radius 3 is 2.36 bits per heavy atom. The fraction of sp³-hybridized carbons (Fsp3) is 0.429. The molecule has 376 valence electrons. The van der Waals surface area contributed by atoms with Crippen molar-refractivity contribution in [2.75, 3.05) is 75.8 Å². The number of ether oxygens (including phenoxy) is 1. The van der Waals surface area contributed by atoms with Gasteiger partial charge in [0.25, 0.3) is 25.8 Å². The Balaban J connectivity index is 1.02. The van der Waals surface area contributed by atoms with Gasteiger partial charge in [-0.2, -0.15) is 13.2 Å². The molecule has 4 heterocycles. The number of anilines is 1. The molecular weight excluding hydrogens is 987 g/mol. The highest BCUT2D eigenvalue weighted by Crippen LogP contribution is 2.44. The Morgan fingerprint density at radius 2 is 1.67 bits per heavy atom. The number of hydrogen-bond acceptors (Lipinski definition) is 12. The summed E-state index contributed by atoms with van der Waals surface area (Å²) in [7, 11) is -11.8. The highest BCUT2D eigenvalue weighted by Gasteiger charge is 2.48. The fourth-order valence-electron chi connectivity index (χ4n) is 9.46. The van der Waals surface area contributed by atoms with Crippen molar-refractivity contribution in [3.8, 4) is 11.5 Å². The number of pyridine rings is 1. The number of H-pyrrole nitrogens is 1. The summed E-state index contributed by atoms with van der Waals surface area (Å²) in [6.07, 6.45) is 6.06. The summed E-state index contributed by atoms with van der Waals surface area (Å²) >= 11 is 6.24. The molecule has 1 atom stereocenters. The van der Waals surface area contributed by atoms with Gasteiger partial charge in [0.05, 0.1) is 21.6 Å². The highest BCUT2D eigenvalue weighted by molar-refractivity contribution is 7.93. The number of rotatable bonds is 14. The first-order valence-electron chi connectivity index (χ1n) is 23.0. The average molecular weight is 1040 g/mol. The van der Waals surface area contributed by atoms with Gasteiger partial charge in [0.15, 0.2) is 0 Å². The molecule has 1 aliphatic carbocycles. The van der Waals surface area contributed by atoms with Gasteiger partial charge in [-0.25, -0.2) is 35.1 Å². The lowest BCUT2D eigenvalue weighted by molar-refractivity contribution is -0.0436. The minimum Gasteiger partial charge on any atom is -0.455 e. The normalized spacial score (nSPS) is 18.7. The van der Waals surface area contributed by atoms with Gasteiger partial charge in [-0.15, -0.1) is 0 Å². The van der Waals surface area contributed by atoms with Gasteiger partial charge in [0.2, 0.25) is 0 Å². The number of carbonyl (C=O) groups excluding carboxylic acids is 1. The first-order valence-corrected chi connectivity index (χ1v) is 28.2. The third-order valence-electron chi connectivity index (χ3n) is 13.4. The van der Waals surface area contributed by atoms with E-state index in [1.54, 1.807) is 37.4 Å². The van der Waals surface area contributed by atoms with Crippen molar-refractivity contribution in [2.24, 2.45) is 15.7 Å². The van der Waals surface area contributed by atoms with Gasteiger partial charge in [-0.1, -0.05) is 56.1 Å². The number of hydrogen-bond donors (Lipinski definition) is 2. The van der Waals surface area contributed by atoms with Gasteiger partial charge >= 0.3 is 5.51 Å². The molecule has 2 fully saturated rings. The summed E-state index contributed by atoms with van der Waals surface area (Å²) in [5, 5.41) is 1.41. The lowest BCUT2D eigenvalue weighted by atomic mass is 9.72. The van der Waals surface area contributed by atoms with E-state index in [-0.39, 0.29) is 40.4 Å². The molecule has 0 unspecified atom stereocenters. The van der Waals surface area contributed by atoms with Crippen LogP contribution in [0.5, 0.6) is 11.5 Å². The zero-order valence-corrected chi connectivity index (χ0v) is 42.6. The number of fused-ring (bicyclic) bond motifs is 1. The molecule has 2 aromatic heterocycles. The molecule has 0 spiro atoms. The van der Waals surface area contributed by atoms with E-state index in [1.165, 1.54) is 36.0 Å². The number of aromatic amines is 1. The largest absolute Gasteiger partial charge is 0.501 e. The number of carbonyl (C=O) groups is 1. The summed E-state index contributed by atoms with van der Waals surface area (Å²) in [5.74, 6) is -0.641. The molecular formula is C49H57ClF3N7O7S3. The molecule has 14 nitrogen and oxygen atoms in total. The van der Waals surface area contributed by atoms with Crippen molar-refractivity contribution in [1.82, 2.24) is 24.5 Å². The van der Waals surface area contributed by atoms with E-state index in [2.05, 4.69) is 50.1 Å². The van der Waals surface area contributed by atoms with Gasteiger partial charge in [-0.3, -0.25) is 9.69 Å². The summed E-state index contributed by atoms with van der Waals surface area (Å²) in [6, 6.07) is 18.7. The molecule has 70 heavy (non-hydrogen) atoms. The molecule has 1 amide bonds. The highest BCUT2D eigenvalue weighted by atomic mass is 35.5. The summed E-state index contributed by atoms with van der Waals surface area (Å²) in [4.78, 5) is 25.9. The van der Waals surface area contributed by atoms with E-state index in [9.17, 15) is 39.0 Å². The van der Waals surface area contributed by atoms with Crippen LogP contribution in [0.2, 0.25) is 5.02 Å². The zero-order chi connectivity index (χ0) is 50.2. The van der Waals surface area contributed by atoms with Crippen molar-refractivity contribution >= 4 is 69.4 Å². The topological polar surface area (TPSA) is 174 Å². The minimum absolute atomic E-state index is 0.0169. The Kier molecular flexibility index (Phi) is 14.9. The number of sulfonamides is 1. The maximum absolute atomic E-state index is 14.2. The van der Waals surface area contributed by atoms with Crippen molar-refractivity contribution in [1.29, 1.82) is 0 Å². The molecule has 2 N–H and O–H groups in total. The second-order valence-corrected chi connectivity index (χ2v) is 25.9. The van der Waals surface area contributed by atoms with Crippen LogP contribution in [0.4, 0.5) is 18.9 Å². The maximum Gasteiger partial charge on any atom is 0.501 e. The quantitative estimate of drug-likeness (QED) is 0.109. The second kappa shape index (κ2) is 20.3. The first kappa shape index (κ1) is 51.4. The molecule has 8 rings (SSSR count). The second-order valence-electron chi connectivity index (χ2n) is 19.2. The molecule has 2 aliphatic heterocycles. The van der Waals surface area contributed by atoms with E-state index >= 15 is 0 Å². The van der Waals surface area contributed by atoms with E-state index in [1.807, 2.05) is 21.8 Å². The number of benzene rings is 3. The molecule has 0 saturated carbocycles. The lowest BCUT2D eigenvalue weighted by Gasteiger charge is -2.39. The number of nitrogens with zero attached hydrogens (tertiary/aromatic N) is 5. The van der Waals surface area contributed by atoms with E-state index in [4.69, 9.17) is 16.3 Å². The number of piperazine rings is 1. The molecule has 2 saturated heterocycles. The SMILES string of the molecule is CN=S1(=O)CCN(C[C@H](C)Cc2ccc(S(=O)(=O)NC(=O)c3ccc(N4CCN(CC5=C(c6ccc(Cl)cc6)CC(C)(C)CC5)CC4)cc3Oc3cnc4[nH]ccc4c3)cc2S(=O)(=O)C(F)(F)F)CC1. The number of allylic oxidation sites excluding steroid dienone is 1. The summed E-state index contributed by atoms with van der Waals surface area (Å²) in [5.41, 5.74) is -0.765. The van der Waals surface area contributed by atoms with Crippen LogP contribution in [0.1, 0.15) is 61.5 Å². The Hall–Kier alpha value is -4.99. The van der Waals surface area contributed by atoms with Crippen LogP contribution in [0.3, 0.4) is 0 Å². The van der Waals surface area contributed by atoms with Gasteiger partial charge in [0.1, 0.15) is 17.1 Å². The van der Waals surface area contributed by atoms with Gasteiger partial charge < -0.3 is 19.5 Å².